The maximum absolute atomic E-state index is 4.77. The predicted octanol–water partition coefficient (Wildman–Crippen LogP) is 6.31. The van der Waals surface area contributed by atoms with E-state index in [1.54, 1.807) is 0 Å². The summed E-state index contributed by atoms with van der Waals surface area (Å²) in [5.74, 6) is 0. The highest BCUT2D eigenvalue weighted by Crippen LogP contribution is 2.15. The molecule has 1 fully saturated rings. The zero-order valence-electron chi connectivity index (χ0n) is 13.3. The maximum Gasteiger partial charge on any atom is 0.0388 e. The number of nitrogens with zero attached hydrogens (tertiary/aromatic N) is 1. The molecular weight excluding hydrogens is 230 g/mol. The molecule has 0 aliphatic heterocycles. The highest BCUT2D eigenvalue weighted by molar-refractivity contribution is 5.84. The summed E-state index contributed by atoms with van der Waals surface area (Å²) in [6.07, 6.45) is 21.0. The summed E-state index contributed by atoms with van der Waals surface area (Å²) in [7, 11) is 0. The molecule has 19 heavy (non-hydrogen) atoms. The molecule has 1 heteroatoms. The van der Waals surface area contributed by atoms with E-state index in [1.165, 1.54) is 102 Å². The van der Waals surface area contributed by atoms with Gasteiger partial charge in [-0.15, -0.1) is 0 Å². The molecular formula is C18H35N. The molecule has 0 heterocycles. The quantitative estimate of drug-likeness (QED) is 0.388. The number of unbranched alkanes of at least 4 members (excludes halogenated alkanes) is 9. The van der Waals surface area contributed by atoms with Crippen LogP contribution in [0.5, 0.6) is 0 Å². The van der Waals surface area contributed by atoms with Crippen molar-refractivity contribution in [3.8, 4) is 0 Å². The second kappa shape index (κ2) is 12.7. The SMILES string of the molecule is CCCCCCCCCCCCN=C1CCCCC1. The second-order valence-corrected chi connectivity index (χ2v) is 6.19. The van der Waals surface area contributed by atoms with Gasteiger partial charge in [-0.3, -0.25) is 4.99 Å². The molecule has 0 aromatic heterocycles. The van der Waals surface area contributed by atoms with Crippen molar-refractivity contribution in [1.29, 1.82) is 0 Å². The van der Waals surface area contributed by atoms with Gasteiger partial charge < -0.3 is 0 Å². The third kappa shape index (κ3) is 10.2. The lowest BCUT2D eigenvalue weighted by Crippen LogP contribution is -2.05. The van der Waals surface area contributed by atoms with Crippen molar-refractivity contribution in [3.63, 3.8) is 0 Å². The van der Waals surface area contributed by atoms with Crippen LogP contribution in [0.25, 0.3) is 0 Å². The Bertz CT molecular complexity index is 212. The Hall–Kier alpha value is -0.330. The summed E-state index contributed by atoms with van der Waals surface area (Å²) in [6, 6.07) is 0. The van der Waals surface area contributed by atoms with Crippen molar-refractivity contribution in [2.24, 2.45) is 4.99 Å². The van der Waals surface area contributed by atoms with Gasteiger partial charge in [-0.25, -0.2) is 0 Å². The van der Waals surface area contributed by atoms with Crippen LogP contribution >= 0.6 is 0 Å². The lowest BCUT2D eigenvalue weighted by Gasteiger charge is -2.12. The zero-order chi connectivity index (χ0) is 13.6. The van der Waals surface area contributed by atoms with Gasteiger partial charge in [0.05, 0.1) is 0 Å². The largest absolute Gasteiger partial charge is 0.294 e. The third-order valence-corrected chi connectivity index (χ3v) is 4.28. The van der Waals surface area contributed by atoms with Gasteiger partial charge >= 0.3 is 0 Å². The van der Waals surface area contributed by atoms with Crippen molar-refractivity contribution in [1.82, 2.24) is 0 Å². The number of aliphatic imine (C=N–C) groups is 1. The molecule has 0 atom stereocenters. The van der Waals surface area contributed by atoms with Gasteiger partial charge in [-0.05, 0) is 32.1 Å². The molecule has 0 saturated heterocycles. The summed E-state index contributed by atoms with van der Waals surface area (Å²) < 4.78 is 0. The van der Waals surface area contributed by atoms with E-state index in [0.29, 0.717) is 0 Å². The highest BCUT2D eigenvalue weighted by Gasteiger charge is 2.05. The Morgan fingerprint density at radius 3 is 1.79 bits per heavy atom. The van der Waals surface area contributed by atoms with E-state index < -0.39 is 0 Å². The van der Waals surface area contributed by atoms with E-state index in [9.17, 15) is 0 Å². The molecule has 0 N–H and O–H groups in total. The van der Waals surface area contributed by atoms with Gasteiger partial charge in [0.2, 0.25) is 0 Å². The average molecular weight is 265 g/mol. The minimum absolute atomic E-state index is 1.10. The maximum atomic E-state index is 4.77. The zero-order valence-corrected chi connectivity index (χ0v) is 13.3. The van der Waals surface area contributed by atoms with Crippen molar-refractivity contribution in [3.05, 3.63) is 0 Å². The Morgan fingerprint density at radius 1 is 0.684 bits per heavy atom. The fourth-order valence-electron chi connectivity index (χ4n) is 2.95. The van der Waals surface area contributed by atoms with Crippen LogP contribution in [0, 0.1) is 0 Å². The van der Waals surface area contributed by atoms with Crippen LogP contribution < -0.4 is 0 Å². The van der Waals surface area contributed by atoms with Crippen LogP contribution in [0.4, 0.5) is 0 Å². The van der Waals surface area contributed by atoms with Crippen LogP contribution in [0.15, 0.2) is 4.99 Å². The van der Waals surface area contributed by atoms with E-state index in [4.69, 9.17) is 4.99 Å². The molecule has 0 amide bonds. The number of hydrogen-bond acceptors (Lipinski definition) is 1. The molecule has 0 unspecified atom stereocenters. The molecule has 0 aromatic rings. The first kappa shape index (κ1) is 16.7. The second-order valence-electron chi connectivity index (χ2n) is 6.19. The molecule has 1 aliphatic rings. The topological polar surface area (TPSA) is 12.4 Å². The Morgan fingerprint density at radius 2 is 1.21 bits per heavy atom. The van der Waals surface area contributed by atoms with Gasteiger partial charge in [-0.1, -0.05) is 71.1 Å². The molecule has 1 saturated carbocycles. The van der Waals surface area contributed by atoms with E-state index >= 15 is 0 Å². The molecule has 0 aromatic carbocycles. The fraction of sp³-hybridized carbons (Fsp3) is 0.944. The van der Waals surface area contributed by atoms with Crippen LogP contribution in [-0.2, 0) is 0 Å². The van der Waals surface area contributed by atoms with Crippen LogP contribution in [0.2, 0.25) is 0 Å². The van der Waals surface area contributed by atoms with Crippen molar-refractivity contribution >= 4 is 5.71 Å². The standard InChI is InChI=1S/C18H35N/c1-2-3-4-5-6-7-8-9-10-14-17-19-18-15-12-11-13-16-18/h2-17H2,1H3. The smallest absolute Gasteiger partial charge is 0.0388 e. The first-order chi connectivity index (χ1) is 9.43. The summed E-state index contributed by atoms with van der Waals surface area (Å²) in [6.45, 7) is 3.39. The summed E-state index contributed by atoms with van der Waals surface area (Å²) >= 11 is 0. The normalized spacial score (nSPS) is 15.7. The lowest BCUT2D eigenvalue weighted by atomic mass is 9.98. The molecule has 0 bridgehead atoms. The van der Waals surface area contributed by atoms with Crippen LogP contribution in [0.3, 0.4) is 0 Å². The Kier molecular flexibility index (Phi) is 11.2. The van der Waals surface area contributed by atoms with Crippen molar-refractivity contribution in [2.75, 3.05) is 6.54 Å². The summed E-state index contributed by atoms with van der Waals surface area (Å²) in [5.41, 5.74) is 1.52. The monoisotopic (exact) mass is 265 g/mol. The van der Waals surface area contributed by atoms with Gasteiger partial charge in [-0.2, -0.15) is 0 Å². The van der Waals surface area contributed by atoms with E-state index in [2.05, 4.69) is 6.92 Å². The van der Waals surface area contributed by atoms with Crippen LogP contribution in [0.1, 0.15) is 103 Å². The van der Waals surface area contributed by atoms with Gasteiger partial charge in [0.25, 0.3) is 0 Å². The molecule has 112 valence electrons. The molecule has 0 spiro atoms. The first-order valence-corrected chi connectivity index (χ1v) is 8.95. The third-order valence-electron chi connectivity index (χ3n) is 4.28. The van der Waals surface area contributed by atoms with Gasteiger partial charge in [0.15, 0.2) is 0 Å². The van der Waals surface area contributed by atoms with Crippen molar-refractivity contribution in [2.45, 2.75) is 103 Å². The lowest BCUT2D eigenvalue weighted by molar-refractivity contribution is 0.557. The van der Waals surface area contributed by atoms with E-state index in [-0.39, 0.29) is 0 Å². The molecule has 1 rings (SSSR count). The first-order valence-electron chi connectivity index (χ1n) is 8.95. The van der Waals surface area contributed by atoms with Crippen LogP contribution in [-0.4, -0.2) is 12.3 Å². The number of hydrogen-bond donors (Lipinski definition) is 0. The summed E-state index contributed by atoms with van der Waals surface area (Å²) in [5, 5.41) is 0. The molecule has 1 nitrogen and oxygen atoms in total. The van der Waals surface area contributed by atoms with E-state index in [0.717, 1.165) is 6.54 Å². The predicted molar refractivity (Wildman–Crippen MR) is 87.2 cm³/mol. The van der Waals surface area contributed by atoms with Crippen molar-refractivity contribution < 1.29 is 0 Å². The van der Waals surface area contributed by atoms with Gasteiger partial charge in [0.1, 0.15) is 0 Å². The number of rotatable bonds is 11. The Balaban J connectivity index is 1.78. The molecule has 0 radical (unpaired) electrons. The minimum atomic E-state index is 1.10. The Labute approximate surface area is 121 Å². The highest BCUT2D eigenvalue weighted by atomic mass is 14.7. The minimum Gasteiger partial charge on any atom is -0.294 e. The average Bonchev–Trinajstić information content (AvgIpc) is 2.46. The fourth-order valence-corrected chi connectivity index (χ4v) is 2.95. The summed E-state index contributed by atoms with van der Waals surface area (Å²) in [4.78, 5) is 4.77. The van der Waals surface area contributed by atoms with Gasteiger partial charge in [0, 0.05) is 12.3 Å². The molecule has 1 aliphatic carbocycles. The van der Waals surface area contributed by atoms with E-state index in [1.807, 2.05) is 0 Å².